The second-order valence-corrected chi connectivity index (χ2v) is 8.46. The van der Waals surface area contributed by atoms with E-state index in [2.05, 4.69) is 41.1 Å². The molecule has 140 valence electrons. The van der Waals surface area contributed by atoms with Crippen molar-refractivity contribution in [1.82, 2.24) is 9.80 Å². The van der Waals surface area contributed by atoms with E-state index in [-0.39, 0.29) is 0 Å². The molecule has 0 aromatic heterocycles. The van der Waals surface area contributed by atoms with Crippen LogP contribution in [0.1, 0.15) is 25.0 Å². The highest BCUT2D eigenvalue weighted by Crippen LogP contribution is 2.47. The molecule has 1 aliphatic rings. The Hall–Kier alpha value is -0.970. The van der Waals surface area contributed by atoms with E-state index < -0.39 is 7.60 Å². The van der Waals surface area contributed by atoms with Crippen molar-refractivity contribution in [1.29, 1.82) is 0 Å². The van der Waals surface area contributed by atoms with Crippen molar-refractivity contribution in [2.24, 2.45) is 0 Å². The lowest BCUT2D eigenvalue weighted by Gasteiger charge is -2.32. The normalized spacial score (nSPS) is 17.4. The Morgan fingerprint density at radius 3 is 2.44 bits per heavy atom. The standard InChI is InChI=1S/C19H31N2O3P/c1-4-23-25(22,24-5-2)15-7-10-18-8-6-9-19(16-18)17-21-13-11-20(3)12-14-21/h6-10,16H,4-5,11-15,17H2,1-3H3. The van der Waals surface area contributed by atoms with E-state index in [4.69, 9.17) is 9.05 Å². The molecule has 0 unspecified atom stereocenters. The summed E-state index contributed by atoms with van der Waals surface area (Å²) in [5, 5.41) is 0. The summed E-state index contributed by atoms with van der Waals surface area (Å²) in [5.41, 5.74) is 2.43. The van der Waals surface area contributed by atoms with Crippen LogP contribution in [-0.2, 0) is 20.2 Å². The van der Waals surface area contributed by atoms with Crippen LogP contribution in [-0.4, -0.2) is 62.4 Å². The smallest absolute Gasteiger partial charge is 0.309 e. The second-order valence-electron chi connectivity index (χ2n) is 6.36. The van der Waals surface area contributed by atoms with Crippen LogP contribution >= 0.6 is 7.60 Å². The first kappa shape index (κ1) is 20.3. The maximum absolute atomic E-state index is 12.5. The maximum Gasteiger partial charge on any atom is 0.334 e. The van der Waals surface area contributed by atoms with Gasteiger partial charge in [-0.3, -0.25) is 9.46 Å². The summed E-state index contributed by atoms with van der Waals surface area (Å²) < 4.78 is 23.1. The van der Waals surface area contributed by atoms with E-state index in [1.54, 1.807) is 0 Å². The molecule has 0 atom stereocenters. The van der Waals surface area contributed by atoms with E-state index in [0.717, 1.165) is 38.3 Å². The average Bonchev–Trinajstić information content (AvgIpc) is 2.58. The quantitative estimate of drug-likeness (QED) is 0.623. The van der Waals surface area contributed by atoms with Crippen molar-refractivity contribution >= 4 is 13.7 Å². The van der Waals surface area contributed by atoms with Crippen LogP contribution in [0.5, 0.6) is 0 Å². The predicted octanol–water partition coefficient (Wildman–Crippen LogP) is 3.71. The number of hydrogen-bond donors (Lipinski definition) is 0. The molecule has 0 radical (unpaired) electrons. The molecule has 25 heavy (non-hydrogen) atoms. The number of benzene rings is 1. The topological polar surface area (TPSA) is 42.0 Å². The number of allylic oxidation sites excluding steroid dienone is 1. The first-order valence-electron chi connectivity index (χ1n) is 9.09. The van der Waals surface area contributed by atoms with Crippen molar-refractivity contribution in [3.63, 3.8) is 0 Å². The van der Waals surface area contributed by atoms with Crippen molar-refractivity contribution < 1.29 is 13.6 Å². The fourth-order valence-corrected chi connectivity index (χ4v) is 4.35. The van der Waals surface area contributed by atoms with Gasteiger partial charge in [0.05, 0.1) is 19.4 Å². The van der Waals surface area contributed by atoms with Crippen LogP contribution in [0, 0.1) is 0 Å². The summed E-state index contributed by atoms with van der Waals surface area (Å²) in [4.78, 5) is 4.85. The van der Waals surface area contributed by atoms with Crippen LogP contribution in [0.3, 0.4) is 0 Å². The molecule has 2 rings (SSSR count). The second kappa shape index (κ2) is 10.2. The van der Waals surface area contributed by atoms with Gasteiger partial charge in [-0.25, -0.2) is 0 Å². The molecule has 0 amide bonds. The molecule has 0 saturated carbocycles. The number of rotatable bonds is 9. The lowest BCUT2D eigenvalue weighted by Crippen LogP contribution is -2.43. The van der Waals surface area contributed by atoms with Gasteiger partial charge in [0.1, 0.15) is 0 Å². The van der Waals surface area contributed by atoms with Gasteiger partial charge in [-0.2, -0.15) is 0 Å². The fraction of sp³-hybridized carbons (Fsp3) is 0.579. The molecule has 0 bridgehead atoms. The van der Waals surface area contributed by atoms with Crippen molar-refractivity contribution in [3.8, 4) is 0 Å². The molecular weight excluding hydrogens is 335 g/mol. The van der Waals surface area contributed by atoms with Gasteiger partial charge in [0.2, 0.25) is 0 Å². The molecule has 0 aliphatic carbocycles. The third kappa shape index (κ3) is 7.04. The van der Waals surface area contributed by atoms with E-state index in [1.165, 1.54) is 5.56 Å². The molecule has 5 nitrogen and oxygen atoms in total. The van der Waals surface area contributed by atoms with Gasteiger partial charge in [-0.15, -0.1) is 0 Å². The zero-order valence-electron chi connectivity index (χ0n) is 15.7. The maximum atomic E-state index is 12.5. The van der Waals surface area contributed by atoms with Crippen LogP contribution < -0.4 is 0 Å². The van der Waals surface area contributed by atoms with Crippen molar-refractivity contribution in [2.45, 2.75) is 20.4 Å². The van der Waals surface area contributed by atoms with E-state index in [1.807, 2.05) is 26.0 Å². The van der Waals surface area contributed by atoms with Gasteiger partial charge in [0.15, 0.2) is 0 Å². The lowest BCUT2D eigenvalue weighted by molar-refractivity contribution is 0.148. The lowest BCUT2D eigenvalue weighted by atomic mass is 10.1. The monoisotopic (exact) mass is 366 g/mol. The molecule has 1 saturated heterocycles. The van der Waals surface area contributed by atoms with E-state index >= 15 is 0 Å². The zero-order valence-corrected chi connectivity index (χ0v) is 16.6. The Labute approximate surface area is 152 Å². The summed E-state index contributed by atoms with van der Waals surface area (Å²) in [6, 6.07) is 8.51. The SMILES string of the molecule is CCOP(=O)(CC=Cc1cccc(CN2CCN(C)CC2)c1)OCC. The Morgan fingerprint density at radius 2 is 1.80 bits per heavy atom. The fourth-order valence-electron chi connectivity index (χ4n) is 2.91. The minimum Gasteiger partial charge on any atom is -0.309 e. The first-order chi connectivity index (χ1) is 12.0. The zero-order chi connectivity index (χ0) is 18.1. The minimum absolute atomic E-state index is 0.303. The first-order valence-corrected chi connectivity index (χ1v) is 10.8. The van der Waals surface area contributed by atoms with Gasteiger partial charge in [0.25, 0.3) is 0 Å². The molecular formula is C19H31N2O3P. The van der Waals surface area contributed by atoms with Crippen molar-refractivity contribution in [2.75, 3.05) is 52.6 Å². The van der Waals surface area contributed by atoms with Gasteiger partial charge < -0.3 is 13.9 Å². The molecule has 6 heteroatoms. The Morgan fingerprint density at radius 1 is 1.12 bits per heavy atom. The number of hydrogen-bond acceptors (Lipinski definition) is 5. The van der Waals surface area contributed by atoms with Crippen molar-refractivity contribution in [3.05, 3.63) is 41.5 Å². The molecule has 0 N–H and O–H groups in total. The molecule has 0 spiro atoms. The Bertz CT molecular complexity index is 588. The van der Waals surface area contributed by atoms with Crippen LogP contribution in [0.15, 0.2) is 30.3 Å². The van der Waals surface area contributed by atoms with Gasteiger partial charge in [0, 0.05) is 32.7 Å². The van der Waals surface area contributed by atoms with E-state index in [9.17, 15) is 4.57 Å². The molecule has 1 aromatic rings. The highest BCUT2D eigenvalue weighted by molar-refractivity contribution is 7.54. The average molecular weight is 366 g/mol. The van der Waals surface area contributed by atoms with Crippen LogP contribution in [0.4, 0.5) is 0 Å². The highest BCUT2D eigenvalue weighted by Gasteiger charge is 2.21. The predicted molar refractivity (Wildman–Crippen MR) is 104 cm³/mol. The summed E-state index contributed by atoms with van der Waals surface area (Å²) in [6.45, 7) is 9.91. The van der Waals surface area contributed by atoms with Crippen LogP contribution in [0.25, 0.3) is 6.08 Å². The molecule has 1 aromatic carbocycles. The Kier molecular flexibility index (Phi) is 8.34. The highest BCUT2D eigenvalue weighted by atomic mass is 31.2. The van der Waals surface area contributed by atoms with E-state index in [0.29, 0.717) is 19.4 Å². The van der Waals surface area contributed by atoms with Crippen LogP contribution in [0.2, 0.25) is 0 Å². The molecule has 1 heterocycles. The summed E-state index contributed by atoms with van der Waals surface area (Å²) >= 11 is 0. The number of likely N-dealkylation sites (N-methyl/N-ethyl adjacent to an activating group) is 1. The minimum atomic E-state index is -3.00. The van der Waals surface area contributed by atoms with Gasteiger partial charge >= 0.3 is 7.60 Å². The number of nitrogens with zero attached hydrogens (tertiary/aromatic N) is 2. The summed E-state index contributed by atoms with van der Waals surface area (Å²) in [5.74, 6) is 0. The third-order valence-electron chi connectivity index (χ3n) is 4.24. The Balaban J connectivity index is 1.93. The third-order valence-corrected chi connectivity index (χ3v) is 6.21. The summed E-state index contributed by atoms with van der Waals surface area (Å²) in [6.07, 6.45) is 4.19. The summed E-state index contributed by atoms with van der Waals surface area (Å²) in [7, 11) is -0.830. The van der Waals surface area contributed by atoms with Gasteiger partial charge in [-0.05, 0) is 32.0 Å². The molecule has 1 fully saturated rings. The number of piperazine rings is 1. The van der Waals surface area contributed by atoms with Gasteiger partial charge in [-0.1, -0.05) is 36.4 Å². The molecule has 1 aliphatic heterocycles. The largest absolute Gasteiger partial charge is 0.334 e.